The Morgan fingerprint density at radius 3 is 2.10 bits per heavy atom. The van der Waals surface area contributed by atoms with Gasteiger partial charge in [0.25, 0.3) is 5.69 Å². The van der Waals surface area contributed by atoms with Gasteiger partial charge >= 0.3 is 0 Å². The highest BCUT2D eigenvalue weighted by Gasteiger charge is 2.27. The summed E-state index contributed by atoms with van der Waals surface area (Å²) in [5, 5.41) is 10.6. The molecule has 1 fully saturated rings. The van der Waals surface area contributed by atoms with Crippen molar-refractivity contribution < 1.29 is 30.6 Å². The van der Waals surface area contributed by atoms with E-state index < -0.39 is 14.9 Å². The van der Waals surface area contributed by atoms with Gasteiger partial charge in [0.2, 0.25) is 10.0 Å². The fourth-order valence-corrected chi connectivity index (χ4v) is 3.04. The van der Waals surface area contributed by atoms with Crippen LogP contribution in [0.2, 0.25) is 0 Å². The Kier molecular flexibility index (Phi) is 5.46. The highest BCUT2D eigenvalue weighted by molar-refractivity contribution is 7.88. The van der Waals surface area contributed by atoms with Crippen molar-refractivity contribution in [2.24, 2.45) is 0 Å². The third-order valence-electron chi connectivity index (χ3n) is 3.28. The van der Waals surface area contributed by atoms with Crippen LogP contribution in [0.4, 0.5) is 11.4 Å². The summed E-state index contributed by atoms with van der Waals surface area (Å²) in [6, 6.07) is 6.41. The SMILES string of the molecule is CS(=O)(=O)N1CC[NH+](c2ccc([N+](=O)[O-])cc2)CC1.[Cl-]. The van der Waals surface area contributed by atoms with Crippen molar-refractivity contribution in [3.8, 4) is 0 Å². The summed E-state index contributed by atoms with van der Waals surface area (Å²) in [5.41, 5.74) is 1.02. The van der Waals surface area contributed by atoms with Crippen LogP contribution in [0.5, 0.6) is 0 Å². The lowest BCUT2D eigenvalue weighted by molar-refractivity contribution is -0.837. The van der Waals surface area contributed by atoms with Crippen LogP contribution in [-0.2, 0) is 10.0 Å². The lowest BCUT2D eigenvalue weighted by Gasteiger charge is -2.30. The predicted molar refractivity (Wildman–Crippen MR) is 69.9 cm³/mol. The second-order valence-electron chi connectivity index (χ2n) is 4.57. The molecule has 7 nitrogen and oxygen atoms in total. The molecule has 1 aliphatic rings. The minimum Gasteiger partial charge on any atom is -1.00 e. The van der Waals surface area contributed by atoms with Crippen LogP contribution in [0.1, 0.15) is 0 Å². The molecule has 0 radical (unpaired) electrons. The molecule has 0 aromatic heterocycles. The quantitative estimate of drug-likeness (QED) is 0.460. The summed E-state index contributed by atoms with van der Waals surface area (Å²) >= 11 is 0. The second kappa shape index (κ2) is 6.49. The van der Waals surface area contributed by atoms with Crippen molar-refractivity contribution in [2.75, 3.05) is 32.4 Å². The summed E-state index contributed by atoms with van der Waals surface area (Å²) in [4.78, 5) is 11.3. The number of benzene rings is 1. The average Bonchev–Trinajstić information content (AvgIpc) is 2.38. The smallest absolute Gasteiger partial charge is 0.269 e. The van der Waals surface area contributed by atoms with Crippen molar-refractivity contribution in [3.05, 3.63) is 34.4 Å². The number of nitro groups is 1. The van der Waals surface area contributed by atoms with Crippen LogP contribution in [0.15, 0.2) is 24.3 Å². The molecule has 0 aliphatic carbocycles. The Balaban J connectivity index is 0.00000200. The van der Waals surface area contributed by atoms with Crippen molar-refractivity contribution in [1.29, 1.82) is 0 Å². The maximum atomic E-state index is 11.4. The van der Waals surface area contributed by atoms with Crippen molar-refractivity contribution in [3.63, 3.8) is 0 Å². The molecule has 0 saturated carbocycles. The van der Waals surface area contributed by atoms with Gasteiger partial charge in [0.05, 0.1) is 37.4 Å². The highest BCUT2D eigenvalue weighted by Crippen LogP contribution is 2.13. The number of nitro benzene ring substituents is 1. The van der Waals surface area contributed by atoms with E-state index in [9.17, 15) is 18.5 Å². The molecule has 0 unspecified atom stereocenters. The van der Waals surface area contributed by atoms with E-state index in [0.717, 1.165) is 10.6 Å². The van der Waals surface area contributed by atoms with Gasteiger partial charge in [-0.25, -0.2) is 8.42 Å². The minimum absolute atomic E-state index is 0. The number of nitrogens with zero attached hydrogens (tertiary/aromatic N) is 2. The first-order valence-electron chi connectivity index (χ1n) is 5.92. The van der Waals surface area contributed by atoms with E-state index in [1.54, 1.807) is 12.1 Å². The second-order valence-corrected chi connectivity index (χ2v) is 6.55. The van der Waals surface area contributed by atoms with Crippen molar-refractivity contribution >= 4 is 21.4 Å². The lowest BCUT2D eigenvalue weighted by Crippen LogP contribution is -3.10. The fraction of sp³-hybridized carbons (Fsp3) is 0.455. The Bertz CT molecular complexity index is 568. The molecule has 1 aromatic carbocycles. The van der Waals surface area contributed by atoms with Gasteiger partial charge in [-0.3, -0.25) is 10.1 Å². The van der Waals surface area contributed by atoms with Gasteiger partial charge in [-0.15, -0.1) is 0 Å². The number of non-ortho nitro benzene ring substituents is 1. The Morgan fingerprint density at radius 2 is 1.70 bits per heavy atom. The van der Waals surface area contributed by atoms with E-state index in [4.69, 9.17) is 0 Å². The van der Waals surface area contributed by atoms with Gasteiger partial charge in [-0.2, -0.15) is 4.31 Å². The number of hydrogen-bond acceptors (Lipinski definition) is 4. The van der Waals surface area contributed by atoms with Gasteiger partial charge in [0, 0.05) is 24.3 Å². The number of quaternary nitrogens is 1. The topological polar surface area (TPSA) is 85.0 Å². The summed E-state index contributed by atoms with van der Waals surface area (Å²) in [6.07, 6.45) is 1.21. The predicted octanol–water partition coefficient (Wildman–Crippen LogP) is -3.61. The van der Waals surface area contributed by atoms with Crippen molar-refractivity contribution in [2.45, 2.75) is 0 Å². The summed E-state index contributed by atoms with van der Waals surface area (Å²) < 4.78 is 24.2. The van der Waals surface area contributed by atoms with Crippen LogP contribution in [0.25, 0.3) is 0 Å². The Labute approximate surface area is 123 Å². The molecular weight excluding hydrogens is 306 g/mol. The number of halogens is 1. The lowest BCUT2D eigenvalue weighted by atomic mass is 10.2. The van der Waals surface area contributed by atoms with Crippen LogP contribution < -0.4 is 17.3 Å². The molecule has 0 atom stereocenters. The van der Waals surface area contributed by atoms with Gasteiger partial charge in [0.15, 0.2) is 0 Å². The molecule has 0 spiro atoms. The summed E-state index contributed by atoms with van der Waals surface area (Å²) in [7, 11) is -3.12. The number of nitrogens with one attached hydrogen (secondary N) is 1. The fourth-order valence-electron chi connectivity index (χ4n) is 2.20. The Morgan fingerprint density at radius 1 is 1.20 bits per heavy atom. The molecular formula is C11H16ClN3O4S. The zero-order chi connectivity index (χ0) is 14.0. The van der Waals surface area contributed by atoms with E-state index in [2.05, 4.69) is 0 Å². The zero-order valence-electron chi connectivity index (χ0n) is 11.0. The van der Waals surface area contributed by atoms with E-state index in [0.29, 0.717) is 26.2 Å². The monoisotopic (exact) mass is 321 g/mol. The molecule has 0 bridgehead atoms. The van der Waals surface area contributed by atoms with Gasteiger partial charge in [-0.05, 0) is 0 Å². The summed E-state index contributed by atoms with van der Waals surface area (Å²) in [6.45, 7) is 2.30. The highest BCUT2D eigenvalue weighted by atomic mass is 35.5. The molecule has 2 rings (SSSR count). The van der Waals surface area contributed by atoms with Crippen LogP contribution >= 0.6 is 0 Å². The number of piperazine rings is 1. The molecule has 1 aliphatic heterocycles. The maximum Gasteiger partial charge on any atom is 0.269 e. The summed E-state index contributed by atoms with van der Waals surface area (Å²) in [5.74, 6) is 0. The molecule has 1 heterocycles. The minimum atomic E-state index is -3.12. The van der Waals surface area contributed by atoms with E-state index in [1.807, 2.05) is 0 Å². The van der Waals surface area contributed by atoms with Crippen molar-refractivity contribution in [1.82, 2.24) is 4.31 Å². The Hall–Kier alpha value is -1.22. The normalized spacial score (nSPS) is 17.4. The number of rotatable bonds is 3. The van der Waals surface area contributed by atoms with E-state index >= 15 is 0 Å². The molecule has 1 saturated heterocycles. The molecule has 0 amide bonds. The van der Waals surface area contributed by atoms with Crippen LogP contribution in [0, 0.1) is 10.1 Å². The average molecular weight is 322 g/mol. The largest absolute Gasteiger partial charge is 1.00 e. The first-order chi connectivity index (χ1) is 8.88. The zero-order valence-corrected chi connectivity index (χ0v) is 12.5. The molecule has 20 heavy (non-hydrogen) atoms. The van der Waals surface area contributed by atoms with Crippen LogP contribution in [0.3, 0.4) is 0 Å². The van der Waals surface area contributed by atoms with Gasteiger partial charge < -0.3 is 17.3 Å². The first-order valence-corrected chi connectivity index (χ1v) is 7.77. The molecule has 1 N–H and O–H groups in total. The first kappa shape index (κ1) is 16.8. The number of sulfonamides is 1. The third kappa shape index (κ3) is 3.89. The van der Waals surface area contributed by atoms with Crippen LogP contribution in [-0.4, -0.2) is 50.1 Å². The molecule has 1 aromatic rings. The molecule has 112 valence electrons. The van der Waals surface area contributed by atoms with E-state index in [1.165, 1.54) is 22.7 Å². The van der Waals surface area contributed by atoms with Gasteiger partial charge in [-0.1, -0.05) is 0 Å². The standard InChI is InChI=1S/C11H15N3O4S.ClH/c1-19(17,18)13-8-6-12(7-9-13)10-2-4-11(5-3-10)14(15)16;/h2-5H,6-9H2,1H3;1H. The van der Waals surface area contributed by atoms with E-state index in [-0.39, 0.29) is 18.1 Å². The van der Waals surface area contributed by atoms with Gasteiger partial charge in [0.1, 0.15) is 5.69 Å². The maximum absolute atomic E-state index is 11.4. The molecule has 9 heteroatoms. The number of hydrogen-bond donors (Lipinski definition) is 1. The third-order valence-corrected chi connectivity index (χ3v) is 4.58.